The van der Waals surface area contributed by atoms with Gasteiger partial charge >= 0.3 is 0 Å². The highest BCUT2D eigenvalue weighted by Crippen LogP contribution is 2.28. The molecule has 0 saturated heterocycles. The Morgan fingerprint density at radius 2 is 1.92 bits per heavy atom. The molecule has 0 unspecified atom stereocenters. The molecule has 134 valence electrons. The molecule has 2 aromatic rings. The molecule has 0 aliphatic rings. The monoisotopic (exact) mass is 360 g/mol. The van der Waals surface area contributed by atoms with Gasteiger partial charge < -0.3 is 9.84 Å². The van der Waals surface area contributed by atoms with Crippen molar-refractivity contribution < 1.29 is 9.84 Å². The van der Waals surface area contributed by atoms with Gasteiger partial charge in [-0.05, 0) is 42.9 Å². The summed E-state index contributed by atoms with van der Waals surface area (Å²) in [6.07, 6.45) is 1.69. The molecule has 2 rings (SSSR count). The zero-order chi connectivity index (χ0) is 18.2. The molecule has 1 atom stereocenters. The molecular formula is C20H25ClN2O2. The van der Waals surface area contributed by atoms with E-state index in [0.717, 1.165) is 23.7 Å². The number of likely N-dealkylation sites (N-methyl/N-ethyl adjacent to an activating group) is 1. The minimum absolute atomic E-state index is 0.0905. The van der Waals surface area contributed by atoms with E-state index in [1.54, 1.807) is 31.5 Å². The normalized spacial score (nSPS) is 12.7. The summed E-state index contributed by atoms with van der Waals surface area (Å²) in [7, 11) is 1.60. The van der Waals surface area contributed by atoms with E-state index >= 15 is 0 Å². The van der Waals surface area contributed by atoms with Crippen molar-refractivity contribution in [2.75, 3.05) is 26.7 Å². The van der Waals surface area contributed by atoms with E-state index in [4.69, 9.17) is 16.3 Å². The van der Waals surface area contributed by atoms with Crippen molar-refractivity contribution >= 4 is 17.8 Å². The first-order valence-corrected chi connectivity index (χ1v) is 8.83. The molecule has 0 fully saturated rings. The van der Waals surface area contributed by atoms with Gasteiger partial charge in [0.1, 0.15) is 11.5 Å². The van der Waals surface area contributed by atoms with Gasteiger partial charge in [0.25, 0.3) is 0 Å². The molecule has 0 aromatic heterocycles. The fraction of sp³-hybridized carbons (Fsp3) is 0.350. The van der Waals surface area contributed by atoms with Crippen molar-refractivity contribution in [3.63, 3.8) is 0 Å². The van der Waals surface area contributed by atoms with Crippen molar-refractivity contribution in [2.24, 2.45) is 4.99 Å². The van der Waals surface area contributed by atoms with Crippen LogP contribution in [0.4, 0.5) is 0 Å². The van der Waals surface area contributed by atoms with E-state index < -0.39 is 0 Å². The quantitative estimate of drug-likeness (QED) is 0.702. The maximum atomic E-state index is 9.98. The molecule has 0 heterocycles. The molecule has 0 bridgehead atoms. The van der Waals surface area contributed by atoms with Crippen LogP contribution in [-0.4, -0.2) is 43.0 Å². The van der Waals surface area contributed by atoms with Gasteiger partial charge in [-0.15, -0.1) is 0 Å². The Morgan fingerprint density at radius 1 is 1.20 bits per heavy atom. The molecule has 2 aromatic carbocycles. The number of benzene rings is 2. The van der Waals surface area contributed by atoms with Gasteiger partial charge in [-0.3, -0.25) is 9.89 Å². The zero-order valence-corrected chi connectivity index (χ0v) is 15.7. The maximum absolute atomic E-state index is 9.98. The van der Waals surface area contributed by atoms with Crippen molar-refractivity contribution in [1.82, 2.24) is 4.90 Å². The van der Waals surface area contributed by atoms with Gasteiger partial charge in [0.2, 0.25) is 0 Å². The Hall–Kier alpha value is -2.04. The van der Waals surface area contributed by atoms with Gasteiger partial charge in [-0.2, -0.15) is 0 Å². The molecular weight excluding hydrogens is 336 g/mol. The molecule has 25 heavy (non-hydrogen) atoms. The standard InChI is InChI=1S/C20H25ClN2O2/c1-4-23(5-2)19(17-8-6-7-9-18(17)21)14-22-13-15-12-16(25-3)10-11-20(15)24/h6-13,19,24H,4-5,14H2,1-3H3/t19-/m0/s1. The Labute approximate surface area is 154 Å². The number of phenolic OH excluding ortho intramolecular Hbond substituents is 1. The van der Waals surface area contributed by atoms with E-state index in [-0.39, 0.29) is 11.8 Å². The second kappa shape index (κ2) is 9.44. The van der Waals surface area contributed by atoms with Crippen LogP contribution in [0.15, 0.2) is 47.5 Å². The Bertz CT molecular complexity index is 715. The van der Waals surface area contributed by atoms with Crippen molar-refractivity contribution in [3.8, 4) is 11.5 Å². The van der Waals surface area contributed by atoms with Gasteiger partial charge in [0, 0.05) is 16.8 Å². The molecule has 0 amide bonds. The lowest BCUT2D eigenvalue weighted by Crippen LogP contribution is -2.30. The lowest BCUT2D eigenvalue weighted by Gasteiger charge is -2.29. The van der Waals surface area contributed by atoms with Crippen LogP contribution in [0.5, 0.6) is 11.5 Å². The molecule has 0 spiro atoms. The molecule has 0 aliphatic heterocycles. The van der Waals surface area contributed by atoms with E-state index in [0.29, 0.717) is 17.9 Å². The van der Waals surface area contributed by atoms with Crippen LogP contribution in [0, 0.1) is 0 Å². The number of methoxy groups -OCH3 is 1. The average molecular weight is 361 g/mol. The van der Waals surface area contributed by atoms with Crippen LogP contribution in [0.1, 0.15) is 31.0 Å². The summed E-state index contributed by atoms with van der Waals surface area (Å²) in [5, 5.41) is 10.7. The highest BCUT2D eigenvalue weighted by atomic mass is 35.5. The molecule has 1 N–H and O–H groups in total. The number of phenols is 1. The van der Waals surface area contributed by atoms with E-state index in [9.17, 15) is 5.11 Å². The number of ether oxygens (including phenoxy) is 1. The molecule has 0 aliphatic carbocycles. The van der Waals surface area contributed by atoms with Gasteiger partial charge in [0.05, 0.1) is 19.7 Å². The second-order valence-electron chi connectivity index (χ2n) is 5.68. The average Bonchev–Trinajstić information content (AvgIpc) is 2.63. The number of rotatable bonds is 8. The zero-order valence-electron chi connectivity index (χ0n) is 14.9. The summed E-state index contributed by atoms with van der Waals surface area (Å²) in [6.45, 7) is 6.64. The number of aromatic hydroxyl groups is 1. The summed E-state index contributed by atoms with van der Waals surface area (Å²) < 4.78 is 5.20. The van der Waals surface area contributed by atoms with Crippen LogP contribution < -0.4 is 4.74 Å². The molecule has 5 heteroatoms. The lowest BCUT2D eigenvalue weighted by molar-refractivity contribution is 0.224. The predicted molar refractivity (Wildman–Crippen MR) is 104 cm³/mol. The molecule has 0 saturated carbocycles. The van der Waals surface area contributed by atoms with Crippen LogP contribution in [0.3, 0.4) is 0 Å². The number of halogens is 1. The third-order valence-electron chi connectivity index (χ3n) is 4.26. The first kappa shape index (κ1) is 19.3. The fourth-order valence-electron chi connectivity index (χ4n) is 2.83. The SMILES string of the molecule is CCN(CC)[C@@H](CN=Cc1cc(OC)ccc1O)c1ccccc1Cl. The van der Waals surface area contributed by atoms with E-state index in [1.807, 2.05) is 24.3 Å². The summed E-state index contributed by atoms with van der Waals surface area (Å²) in [5.41, 5.74) is 1.71. The van der Waals surface area contributed by atoms with E-state index in [2.05, 4.69) is 23.7 Å². The van der Waals surface area contributed by atoms with Crippen molar-refractivity contribution in [1.29, 1.82) is 0 Å². The van der Waals surface area contributed by atoms with Gasteiger partial charge in [-0.25, -0.2) is 0 Å². The Balaban J connectivity index is 2.24. The summed E-state index contributed by atoms with van der Waals surface area (Å²) in [5.74, 6) is 0.868. The summed E-state index contributed by atoms with van der Waals surface area (Å²) in [6, 6.07) is 13.1. The second-order valence-corrected chi connectivity index (χ2v) is 6.08. The lowest BCUT2D eigenvalue weighted by atomic mass is 10.0. The van der Waals surface area contributed by atoms with Crippen LogP contribution in [-0.2, 0) is 0 Å². The van der Waals surface area contributed by atoms with Gasteiger partial charge in [0.15, 0.2) is 0 Å². The minimum atomic E-state index is 0.0905. The summed E-state index contributed by atoms with van der Waals surface area (Å²) in [4.78, 5) is 6.90. The Morgan fingerprint density at radius 3 is 2.56 bits per heavy atom. The van der Waals surface area contributed by atoms with Gasteiger partial charge in [-0.1, -0.05) is 43.6 Å². The number of nitrogens with zero attached hydrogens (tertiary/aromatic N) is 2. The highest BCUT2D eigenvalue weighted by molar-refractivity contribution is 6.31. The van der Waals surface area contributed by atoms with Crippen molar-refractivity contribution in [3.05, 3.63) is 58.6 Å². The highest BCUT2D eigenvalue weighted by Gasteiger charge is 2.19. The predicted octanol–water partition coefficient (Wildman–Crippen LogP) is 4.56. The van der Waals surface area contributed by atoms with Crippen LogP contribution in [0.2, 0.25) is 5.02 Å². The fourth-order valence-corrected chi connectivity index (χ4v) is 3.10. The van der Waals surface area contributed by atoms with Crippen molar-refractivity contribution in [2.45, 2.75) is 19.9 Å². The first-order valence-electron chi connectivity index (χ1n) is 8.46. The number of hydrogen-bond acceptors (Lipinski definition) is 4. The third kappa shape index (κ3) is 4.97. The number of hydrogen-bond donors (Lipinski definition) is 1. The Kier molecular flexibility index (Phi) is 7.29. The maximum Gasteiger partial charge on any atom is 0.124 e. The molecule has 4 nitrogen and oxygen atoms in total. The largest absolute Gasteiger partial charge is 0.507 e. The van der Waals surface area contributed by atoms with Crippen LogP contribution in [0.25, 0.3) is 0 Å². The first-order chi connectivity index (χ1) is 12.1. The summed E-state index contributed by atoms with van der Waals surface area (Å²) >= 11 is 6.40. The third-order valence-corrected chi connectivity index (χ3v) is 4.60. The minimum Gasteiger partial charge on any atom is -0.507 e. The van der Waals surface area contributed by atoms with Crippen LogP contribution >= 0.6 is 11.6 Å². The van der Waals surface area contributed by atoms with E-state index in [1.165, 1.54) is 0 Å². The molecule has 0 radical (unpaired) electrons. The number of aliphatic imine (C=N–C) groups is 1. The topological polar surface area (TPSA) is 45.1 Å². The smallest absolute Gasteiger partial charge is 0.124 e.